The number of para-hydroxylation sites is 2. The molecule has 0 atom stereocenters. The zero-order valence-corrected chi connectivity index (χ0v) is 17.4. The van der Waals surface area contributed by atoms with Crippen molar-refractivity contribution in [3.05, 3.63) is 72.4 Å². The normalized spacial score (nSPS) is 11.2. The summed E-state index contributed by atoms with van der Waals surface area (Å²) in [5.41, 5.74) is 3.83. The molecule has 7 nitrogen and oxygen atoms in total. The van der Waals surface area contributed by atoms with Gasteiger partial charge in [-0.3, -0.25) is 9.59 Å². The molecule has 3 N–H and O–H groups in total. The summed E-state index contributed by atoms with van der Waals surface area (Å²) in [6.07, 6.45) is 2.53. The number of anilines is 1. The molecule has 7 heteroatoms. The molecule has 0 bridgehead atoms. The predicted octanol–water partition coefficient (Wildman–Crippen LogP) is 4.37. The van der Waals surface area contributed by atoms with Gasteiger partial charge in [-0.25, -0.2) is 0 Å². The maximum Gasteiger partial charge on any atom is 0.313 e. The van der Waals surface area contributed by atoms with E-state index in [4.69, 9.17) is 9.15 Å². The van der Waals surface area contributed by atoms with Crippen LogP contribution in [-0.4, -0.2) is 30.5 Å². The number of nitrogens with one attached hydrogen (secondary N) is 3. The third kappa shape index (κ3) is 3.54. The minimum Gasteiger partial charge on any atom is -0.495 e. The number of amides is 2. The van der Waals surface area contributed by atoms with E-state index in [0.29, 0.717) is 30.0 Å². The van der Waals surface area contributed by atoms with Crippen molar-refractivity contribution in [2.45, 2.75) is 6.42 Å². The van der Waals surface area contributed by atoms with Crippen molar-refractivity contribution in [1.29, 1.82) is 0 Å². The Labute approximate surface area is 183 Å². The van der Waals surface area contributed by atoms with Crippen LogP contribution in [0.1, 0.15) is 5.56 Å². The molecule has 0 aliphatic rings. The van der Waals surface area contributed by atoms with Gasteiger partial charge in [-0.2, -0.15) is 0 Å². The summed E-state index contributed by atoms with van der Waals surface area (Å²) < 4.78 is 11.3. The molecule has 2 heterocycles. The number of rotatable bonds is 5. The van der Waals surface area contributed by atoms with Gasteiger partial charge in [0, 0.05) is 40.5 Å². The molecule has 5 aromatic rings. The monoisotopic (exact) mass is 427 g/mol. The molecule has 0 spiro atoms. The molecule has 0 saturated carbocycles. The lowest BCUT2D eigenvalue weighted by Gasteiger charge is -2.10. The Bertz CT molecular complexity index is 1460. The van der Waals surface area contributed by atoms with Crippen LogP contribution in [-0.2, 0) is 16.0 Å². The quantitative estimate of drug-likeness (QED) is 0.363. The molecule has 0 saturated heterocycles. The first kappa shape index (κ1) is 19.7. The molecule has 5 rings (SSSR count). The van der Waals surface area contributed by atoms with Crippen LogP contribution in [0.2, 0.25) is 0 Å². The number of carbonyl (C=O) groups is 2. The Kier molecular flexibility index (Phi) is 4.99. The van der Waals surface area contributed by atoms with Gasteiger partial charge in [0.15, 0.2) is 0 Å². The maximum absolute atomic E-state index is 12.5. The number of hydrogen-bond donors (Lipinski definition) is 3. The highest BCUT2D eigenvalue weighted by Gasteiger charge is 2.18. The van der Waals surface area contributed by atoms with E-state index >= 15 is 0 Å². The van der Waals surface area contributed by atoms with Gasteiger partial charge in [0.05, 0.1) is 12.8 Å². The average Bonchev–Trinajstić information content (AvgIpc) is 3.39. The fourth-order valence-electron chi connectivity index (χ4n) is 3.93. The van der Waals surface area contributed by atoms with Crippen molar-refractivity contribution in [3.63, 3.8) is 0 Å². The lowest BCUT2D eigenvalue weighted by Crippen LogP contribution is -2.36. The summed E-state index contributed by atoms with van der Waals surface area (Å²) in [5, 5.41) is 8.23. The topological polar surface area (TPSA) is 96.4 Å². The van der Waals surface area contributed by atoms with Gasteiger partial charge in [0.1, 0.15) is 16.9 Å². The molecule has 3 aromatic carbocycles. The summed E-state index contributed by atoms with van der Waals surface area (Å²) in [6, 6.07) is 19.1. The number of H-pyrrole nitrogens is 1. The Morgan fingerprint density at radius 3 is 2.56 bits per heavy atom. The lowest BCUT2D eigenvalue weighted by molar-refractivity contribution is -0.136. The van der Waals surface area contributed by atoms with Crippen LogP contribution in [0.4, 0.5) is 5.69 Å². The largest absolute Gasteiger partial charge is 0.495 e. The van der Waals surface area contributed by atoms with Crippen molar-refractivity contribution in [1.82, 2.24) is 10.3 Å². The van der Waals surface area contributed by atoms with Gasteiger partial charge in [-0.05, 0) is 30.2 Å². The predicted molar refractivity (Wildman–Crippen MR) is 124 cm³/mol. The van der Waals surface area contributed by atoms with Crippen LogP contribution >= 0.6 is 0 Å². The van der Waals surface area contributed by atoms with Gasteiger partial charge < -0.3 is 24.8 Å². The fourth-order valence-corrected chi connectivity index (χ4v) is 3.93. The molecule has 2 aromatic heterocycles. The average molecular weight is 427 g/mol. The van der Waals surface area contributed by atoms with E-state index in [0.717, 1.165) is 32.8 Å². The Morgan fingerprint density at radius 2 is 1.72 bits per heavy atom. The highest BCUT2D eigenvalue weighted by Crippen LogP contribution is 2.36. The molecule has 160 valence electrons. The molecule has 0 aliphatic heterocycles. The van der Waals surface area contributed by atoms with Crippen LogP contribution < -0.4 is 15.4 Å². The minimum absolute atomic E-state index is 0.341. The highest BCUT2D eigenvalue weighted by molar-refractivity contribution is 6.39. The van der Waals surface area contributed by atoms with Crippen LogP contribution in [0.15, 0.2) is 71.3 Å². The van der Waals surface area contributed by atoms with E-state index in [1.54, 1.807) is 12.1 Å². The number of furan rings is 1. The second kappa shape index (κ2) is 8.11. The zero-order chi connectivity index (χ0) is 22.1. The Morgan fingerprint density at radius 1 is 0.938 bits per heavy atom. The van der Waals surface area contributed by atoms with Gasteiger partial charge in [-0.15, -0.1) is 0 Å². The standard InChI is InChI=1S/C25H21N3O4/c1-31-23-12-18-17-7-3-5-9-21(17)32-22(18)13-20(23)28-25(30)24(29)26-11-10-15-14-27-19-8-4-2-6-16(15)19/h2-9,12-14,27H,10-11H2,1H3,(H,26,29)(H,28,30). The molecule has 0 unspecified atom stereocenters. The molecule has 0 aliphatic carbocycles. The van der Waals surface area contributed by atoms with Gasteiger partial charge >= 0.3 is 11.8 Å². The van der Waals surface area contributed by atoms with Crippen molar-refractivity contribution in [2.75, 3.05) is 19.0 Å². The van der Waals surface area contributed by atoms with E-state index in [-0.39, 0.29) is 0 Å². The summed E-state index contributed by atoms with van der Waals surface area (Å²) >= 11 is 0. The molecule has 0 fully saturated rings. The number of carbonyl (C=O) groups excluding carboxylic acids is 2. The highest BCUT2D eigenvalue weighted by atomic mass is 16.5. The minimum atomic E-state index is -0.766. The number of aromatic amines is 1. The summed E-state index contributed by atoms with van der Waals surface area (Å²) in [6.45, 7) is 0.341. The van der Waals surface area contributed by atoms with E-state index < -0.39 is 11.8 Å². The van der Waals surface area contributed by atoms with Gasteiger partial charge in [0.2, 0.25) is 0 Å². The van der Waals surface area contributed by atoms with Crippen LogP contribution in [0.3, 0.4) is 0 Å². The molecule has 32 heavy (non-hydrogen) atoms. The lowest BCUT2D eigenvalue weighted by atomic mass is 10.1. The molecular weight excluding hydrogens is 406 g/mol. The van der Waals surface area contributed by atoms with Gasteiger partial charge in [-0.1, -0.05) is 36.4 Å². The molecule has 0 radical (unpaired) electrons. The second-order valence-corrected chi connectivity index (χ2v) is 7.47. The van der Waals surface area contributed by atoms with Crippen molar-refractivity contribution in [2.24, 2.45) is 0 Å². The van der Waals surface area contributed by atoms with Crippen LogP contribution in [0, 0.1) is 0 Å². The zero-order valence-electron chi connectivity index (χ0n) is 17.4. The number of benzene rings is 3. The van der Waals surface area contributed by atoms with E-state index in [1.165, 1.54) is 7.11 Å². The SMILES string of the molecule is COc1cc2c(cc1NC(=O)C(=O)NCCc1c[nH]c3ccccc13)oc1ccccc12. The van der Waals surface area contributed by atoms with Gasteiger partial charge in [0.25, 0.3) is 0 Å². The number of hydrogen-bond acceptors (Lipinski definition) is 4. The van der Waals surface area contributed by atoms with E-state index in [9.17, 15) is 9.59 Å². The third-order valence-electron chi connectivity index (χ3n) is 5.51. The number of fused-ring (bicyclic) bond motifs is 4. The fraction of sp³-hybridized carbons (Fsp3) is 0.120. The van der Waals surface area contributed by atoms with E-state index in [1.807, 2.05) is 54.7 Å². The van der Waals surface area contributed by atoms with E-state index in [2.05, 4.69) is 15.6 Å². The van der Waals surface area contributed by atoms with Crippen molar-refractivity contribution in [3.8, 4) is 5.75 Å². The maximum atomic E-state index is 12.5. The number of ether oxygens (including phenoxy) is 1. The van der Waals surface area contributed by atoms with Crippen molar-refractivity contribution < 1.29 is 18.7 Å². The Balaban J connectivity index is 1.28. The first-order valence-corrected chi connectivity index (χ1v) is 10.3. The first-order chi connectivity index (χ1) is 15.6. The molecule has 2 amide bonds. The molecular formula is C25H21N3O4. The van der Waals surface area contributed by atoms with Crippen molar-refractivity contribution >= 4 is 50.3 Å². The summed E-state index contributed by atoms with van der Waals surface area (Å²) in [4.78, 5) is 28.0. The van der Waals surface area contributed by atoms with Crippen LogP contribution in [0.25, 0.3) is 32.8 Å². The number of methoxy groups -OCH3 is 1. The third-order valence-corrected chi connectivity index (χ3v) is 5.51. The Hall–Kier alpha value is -4.26. The van der Waals surface area contributed by atoms with Crippen LogP contribution in [0.5, 0.6) is 5.75 Å². The summed E-state index contributed by atoms with van der Waals surface area (Å²) in [5.74, 6) is -1.03. The summed E-state index contributed by atoms with van der Waals surface area (Å²) in [7, 11) is 1.51. The number of aromatic nitrogens is 1. The second-order valence-electron chi connectivity index (χ2n) is 7.47. The smallest absolute Gasteiger partial charge is 0.313 e. The first-order valence-electron chi connectivity index (χ1n) is 10.3.